The normalized spacial score (nSPS) is 18.1. The van der Waals surface area contributed by atoms with Crippen molar-refractivity contribution in [2.45, 2.75) is 31.9 Å². The van der Waals surface area contributed by atoms with Gasteiger partial charge < -0.3 is 14.4 Å². The first-order chi connectivity index (χ1) is 9.28. The van der Waals surface area contributed by atoms with E-state index in [9.17, 15) is 5.11 Å². The van der Waals surface area contributed by atoms with Crippen LogP contribution in [0.3, 0.4) is 0 Å². The lowest BCUT2D eigenvalue weighted by molar-refractivity contribution is 0.0762. The van der Waals surface area contributed by atoms with Crippen molar-refractivity contribution in [3.63, 3.8) is 0 Å². The molecule has 0 saturated carbocycles. The van der Waals surface area contributed by atoms with Gasteiger partial charge >= 0.3 is 0 Å². The Morgan fingerprint density at radius 3 is 3.21 bits per heavy atom. The van der Waals surface area contributed by atoms with Crippen LogP contribution < -0.4 is 4.74 Å². The summed E-state index contributed by atoms with van der Waals surface area (Å²) in [6.45, 7) is 0. The number of benzene rings is 1. The zero-order valence-electron chi connectivity index (χ0n) is 11.0. The van der Waals surface area contributed by atoms with Crippen LogP contribution in [0.5, 0.6) is 5.75 Å². The molecule has 3 rings (SSSR count). The van der Waals surface area contributed by atoms with E-state index in [-0.39, 0.29) is 0 Å². The van der Waals surface area contributed by atoms with E-state index in [2.05, 4.69) is 11.1 Å². The van der Waals surface area contributed by atoms with E-state index in [0.29, 0.717) is 6.42 Å². The molecule has 2 heterocycles. The average molecular weight is 258 g/mol. The molecule has 4 heteroatoms. The van der Waals surface area contributed by atoms with Crippen molar-refractivity contribution in [3.8, 4) is 5.75 Å². The lowest BCUT2D eigenvalue weighted by Gasteiger charge is -2.22. The van der Waals surface area contributed by atoms with Crippen molar-refractivity contribution in [2.75, 3.05) is 7.11 Å². The molecule has 1 atom stereocenters. The highest BCUT2D eigenvalue weighted by atomic mass is 16.5. The Kier molecular flexibility index (Phi) is 3.25. The highest BCUT2D eigenvalue weighted by Crippen LogP contribution is 2.26. The van der Waals surface area contributed by atoms with E-state index in [4.69, 9.17) is 4.74 Å². The molecule has 0 amide bonds. The van der Waals surface area contributed by atoms with Crippen molar-refractivity contribution in [2.24, 2.45) is 0 Å². The second-order valence-corrected chi connectivity index (χ2v) is 4.94. The molecule has 0 saturated heterocycles. The maximum atomic E-state index is 10.1. The Balaban J connectivity index is 1.89. The number of ether oxygens (including phenoxy) is 1. The minimum atomic E-state index is -0.424. The van der Waals surface area contributed by atoms with Crippen LogP contribution in [0.25, 0.3) is 0 Å². The van der Waals surface area contributed by atoms with Gasteiger partial charge in [-0.05, 0) is 37.0 Å². The predicted octanol–water partition coefficient (Wildman–Crippen LogP) is 2.31. The summed E-state index contributed by atoms with van der Waals surface area (Å²) in [5.74, 6) is 1.78. The third kappa shape index (κ3) is 2.36. The molecule has 0 fully saturated rings. The second kappa shape index (κ2) is 5.05. The van der Waals surface area contributed by atoms with Gasteiger partial charge in [-0.15, -0.1) is 0 Å². The van der Waals surface area contributed by atoms with Crippen molar-refractivity contribution >= 4 is 0 Å². The standard InChI is InChI=1S/C15H18N2O2/c1-19-13-6-2-4-11(8-13)9-14-16-10-12-5-3-7-15(18)17(12)14/h2,4,6,8,10,15,18H,3,5,7,9H2,1H3. The van der Waals surface area contributed by atoms with E-state index >= 15 is 0 Å². The maximum absolute atomic E-state index is 10.1. The average Bonchev–Trinajstić information content (AvgIpc) is 2.84. The van der Waals surface area contributed by atoms with Gasteiger partial charge in [0, 0.05) is 18.3 Å². The Morgan fingerprint density at radius 1 is 1.47 bits per heavy atom. The first-order valence-corrected chi connectivity index (χ1v) is 6.64. The number of aromatic nitrogens is 2. The minimum Gasteiger partial charge on any atom is -0.497 e. The summed E-state index contributed by atoms with van der Waals surface area (Å²) >= 11 is 0. The zero-order valence-corrected chi connectivity index (χ0v) is 11.0. The molecular formula is C15H18N2O2. The first-order valence-electron chi connectivity index (χ1n) is 6.64. The Labute approximate surface area is 112 Å². The molecule has 1 unspecified atom stereocenters. The Bertz CT molecular complexity index is 577. The van der Waals surface area contributed by atoms with E-state index < -0.39 is 6.23 Å². The molecule has 100 valence electrons. The number of rotatable bonds is 3. The summed E-state index contributed by atoms with van der Waals surface area (Å²) in [6.07, 6.45) is 5.03. The number of imidazole rings is 1. The van der Waals surface area contributed by atoms with Gasteiger partial charge in [-0.2, -0.15) is 0 Å². The minimum absolute atomic E-state index is 0.424. The van der Waals surface area contributed by atoms with Crippen LogP contribution in [0.2, 0.25) is 0 Å². The number of nitrogens with zero attached hydrogens (tertiary/aromatic N) is 2. The van der Waals surface area contributed by atoms with Crippen LogP contribution in [0.15, 0.2) is 30.5 Å². The molecule has 0 aliphatic carbocycles. The van der Waals surface area contributed by atoms with Gasteiger partial charge in [-0.3, -0.25) is 0 Å². The molecule has 1 aliphatic rings. The maximum Gasteiger partial charge on any atom is 0.132 e. The summed E-state index contributed by atoms with van der Waals surface area (Å²) in [4.78, 5) is 4.46. The fourth-order valence-corrected chi connectivity index (χ4v) is 2.68. The number of aliphatic hydroxyl groups is 1. The van der Waals surface area contributed by atoms with Gasteiger partial charge in [0.15, 0.2) is 0 Å². The molecule has 1 aliphatic heterocycles. The van der Waals surface area contributed by atoms with Crippen LogP contribution in [0.1, 0.15) is 36.2 Å². The highest BCUT2D eigenvalue weighted by molar-refractivity contribution is 5.30. The summed E-state index contributed by atoms with van der Waals surface area (Å²) in [5, 5.41) is 10.1. The van der Waals surface area contributed by atoms with Crippen molar-refractivity contribution in [1.29, 1.82) is 0 Å². The van der Waals surface area contributed by atoms with E-state index in [1.165, 1.54) is 0 Å². The summed E-state index contributed by atoms with van der Waals surface area (Å²) < 4.78 is 7.21. The molecule has 0 radical (unpaired) electrons. The van der Waals surface area contributed by atoms with Gasteiger partial charge in [-0.25, -0.2) is 4.98 Å². The lowest BCUT2D eigenvalue weighted by atomic mass is 10.1. The van der Waals surface area contributed by atoms with Crippen LogP contribution in [0, 0.1) is 0 Å². The number of aliphatic hydroxyl groups excluding tert-OH is 1. The van der Waals surface area contributed by atoms with Gasteiger partial charge in [0.25, 0.3) is 0 Å². The van der Waals surface area contributed by atoms with E-state index in [1.54, 1.807) is 7.11 Å². The Morgan fingerprint density at radius 2 is 2.37 bits per heavy atom. The topological polar surface area (TPSA) is 47.3 Å². The predicted molar refractivity (Wildman–Crippen MR) is 72.2 cm³/mol. The van der Waals surface area contributed by atoms with Gasteiger partial charge in [0.05, 0.1) is 7.11 Å². The molecule has 1 N–H and O–H groups in total. The van der Waals surface area contributed by atoms with Gasteiger partial charge in [0.2, 0.25) is 0 Å². The molecular weight excluding hydrogens is 240 g/mol. The largest absolute Gasteiger partial charge is 0.497 e. The summed E-state index contributed by atoms with van der Waals surface area (Å²) in [7, 11) is 1.67. The zero-order chi connectivity index (χ0) is 13.2. The molecule has 2 aromatic rings. The molecule has 4 nitrogen and oxygen atoms in total. The molecule has 0 bridgehead atoms. The van der Waals surface area contributed by atoms with Crippen LogP contribution in [-0.2, 0) is 12.8 Å². The molecule has 1 aromatic carbocycles. The van der Waals surface area contributed by atoms with Crippen molar-refractivity contribution < 1.29 is 9.84 Å². The van der Waals surface area contributed by atoms with Gasteiger partial charge in [0.1, 0.15) is 17.8 Å². The fraction of sp³-hybridized carbons (Fsp3) is 0.400. The number of methoxy groups -OCH3 is 1. The quantitative estimate of drug-likeness (QED) is 0.919. The monoisotopic (exact) mass is 258 g/mol. The van der Waals surface area contributed by atoms with Crippen molar-refractivity contribution in [3.05, 3.63) is 47.5 Å². The smallest absolute Gasteiger partial charge is 0.132 e. The van der Waals surface area contributed by atoms with Crippen molar-refractivity contribution in [1.82, 2.24) is 9.55 Å². The van der Waals surface area contributed by atoms with E-state index in [0.717, 1.165) is 42.1 Å². The summed E-state index contributed by atoms with van der Waals surface area (Å²) in [5.41, 5.74) is 2.28. The van der Waals surface area contributed by atoms with Gasteiger partial charge in [-0.1, -0.05) is 12.1 Å². The van der Waals surface area contributed by atoms with Crippen LogP contribution in [-0.4, -0.2) is 21.8 Å². The molecule has 19 heavy (non-hydrogen) atoms. The summed E-state index contributed by atoms with van der Waals surface area (Å²) in [6, 6.07) is 7.97. The number of aryl methyl sites for hydroxylation is 1. The number of hydrogen-bond donors (Lipinski definition) is 1. The van der Waals surface area contributed by atoms with Crippen LogP contribution in [0.4, 0.5) is 0 Å². The van der Waals surface area contributed by atoms with Crippen LogP contribution >= 0.6 is 0 Å². The third-order valence-electron chi connectivity index (χ3n) is 3.64. The second-order valence-electron chi connectivity index (χ2n) is 4.94. The highest BCUT2D eigenvalue weighted by Gasteiger charge is 2.21. The van der Waals surface area contributed by atoms with E-state index in [1.807, 2.05) is 29.0 Å². The Hall–Kier alpha value is -1.81. The SMILES string of the molecule is COc1cccc(Cc2ncc3n2C(O)CCC3)c1. The molecule has 0 spiro atoms. The first kappa shape index (κ1) is 12.2. The molecule has 1 aromatic heterocycles. The number of hydrogen-bond acceptors (Lipinski definition) is 3. The fourth-order valence-electron chi connectivity index (χ4n) is 2.68. The third-order valence-corrected chi connectivity index (χ3v) is 3.64. The lowest BCUT2D eigenvalue weighted by Crippen LogP contribution is -2.19. The number of fused-ring (bicyclic) bond motifs is 1.